The average molecular weight is 326 g/mol. The second kappa shape index (κ2) is 6.32. The van der Waals surface area contributed by atoms with Crippen LogP contribution in [0.25, 0.3) is 0 Å². The van der Waals surface area contributed by atoms with Crippen LogP contribution in [0, 0.1) is 6.92 Å². The topological polar surface area (TPSA) is 34.1 Å². The number of hydrogen-bond donors (Lipinski definition) is 0. The van der Waals surface area contributed by atoms with E-state index in [1.165, 1.54) is 0 Å². The van der Waals surface area contributed by atoms with Gasteiger partial charge in [0.15, 0.2) is 9.84 Å². The highest BCUT2D eigenvalue weighted by atomic mass is 32.2. The van der Waals surface area contributed by atoms with Gasteiger partial charge in [-0.3, -0.25) is 0 Å². The van der Waals surface area contributed by atoms with Crippen molar-refractivity contribution in [3.63, 3.8) is 0 Å². The first-order chi connectivity index (χ1) is 11.0. The van der Waals surface area contributed by atoms with Crippen molar-refractivity contribution in [2.24, 2.45) is 0 Å². The van der Waals surface area contributed by atoms with E-state index in [1.807, 2.05) is 61.5 Å². The molecule has 0 aliphatic heterocycles. The molecule has 2 aromatic carbocycles. The Morgan fingerprint density at radius 1 is 1.00 bits per heavy atom. The van der Waals surface area contributed by atoms with Crippen LogP contribution in [0.2, 0.25) is 0 Å². The predicted octanol–water partition coefficient (Wildman–Crippen LogP) is 4.49. The SMILES string of the molecule is Cc1ccc(S(=O)(=O)C2(Cc3ccccc3)C=CCCC2)cc1. The van der Waals surface area contributed by atoms with E-state index in [4.69, 9.17) is 0 Å². The fourth-order valence-electron chi connectivity index (χ4n) is 3.26. The molecule has 0 saturated carbocycles. The molecule has 1 unspecified atom stereocenters. The molecule has 3 heteroatoms. The zero-order chi connectivity index (χ0) is 16.3. The van der Waals surface area contributed by atoms with Gasteiger partial charge in [0.25, 0.3) is 0 Å². The van der Waals surface area contributed by atoms with Gasteiger partial charge >= 0.3 is 0 Å². The number of rotatable bonds is 4. The summed E-state index contributed by atoms with van der Waals surface area (Å²) in [6.45, 7) is 1.97. The fraction of sp³-hybridized carbons (Fsp3) is 0.300. The molecule has 0 amide bonds. The molecule has 2 aromatic rings. The van der Waals surface area contributed by atoms with E-state index in [9.17, 15) is 8.42 Å². The number of aryl methyl sites for hydroxylation is 1. The van der Waals surface area contributed by atoms with Crippen molar-refractivity contribution in [2.45, 2.75) is 42.2 Å². The van der Waals surface area contributed by atoms with Crippen molar-refractivity contribution in [3.05, 3.63) is 77.9 Å². The first-order valence-electron chi connectivity index (χ1n) is 8.06. The third-order valence-electron chi connectivity index (χ3n) is 4.60. The molecule has 3 rings (SSSR count). The molecular weight excluding hydrogens is 304 g/mol. The maximum Gasteiger partial charge on any atom is 0.187 e. The predicted molar refractivity (Wildman–Crippen MR) is 94.2 cm³/mol. The van der Waals surface area contributed by atoms with E-state index in [1.54, 1.807) is 12.1 Å². The summed E-state index contributed by atoms with van der Waals surface area (Å²) in [6, 6.07) is 17.1. The summed E-state index contributed by atoms with van der Waals surface area (Å²) in [5.41, 5.74) is 2.13. The first-order valence-corrected chi connectivity index (χ1v) is 9.55. The Morgan fingerprint density at radius 2 is 1.70 bits per heavy atom. The summed E-state index contributed by atoms with van der Waals surface area (Å²) in [5, 5.41) is 0. The van der Waals surface area contributed by atoms with Gasteiger partial charge in [0.05, 0.1) is 9.64 Å². The van der Waals surface area contributed by atoms with Gasteiger partial charge in [0, 0.05) is 0 Å². The van der Waals surface area contributed by atoms with Crippen LogP contribution in [0.1, 0.15) is 30.4 Å². The molecule has 0 spiro atoms. The van der Waals surface area contributed by atoms with Crippen LogP contribution in [0.4, 0.5) is 0 Å². The summed E-state index contributed by atoms with van der Waals surface area (Å²) < 4.78 is 25.9. The van der Waals surface area contributed by atoms with Crippen molar-refractivity contribution in [3.8, 4) is 0 Å². The van der Waals surface area contributed by atoms with Crippen molar-refractivity contribution in [1.82, 2.24) is 0 Å². The number of allylic oxidation sites excluding steroid dienone is 1. The molecule has 1 atom stereocenters. The van der Waals surface area contributed by atoms with Crippen molar-refractivity contribution in [2.75, 3.05) is 0 Å². The molecular formula is C20H22O2S. The van der Waals surface area contributed by atoms with Gasteiger partial charge in [0.2, 0.25) is 0 Å². The van der Waals surface area contributed by atoms with Gasteiger partial charge < -0.3 is 0 Å². The minimum atomic E-state index is -3.43. The average Bonchev–Trinajstić information content (AvgIpc) is 2.57. The number of sulfone groups is 1. The molecule has 0 N–H and O–H groups in total. The normalized spacial score (nSPS) is 21.3. The summed E-state index contributed by atoms with van der Waals surface area (Å²) in [5.74, 6) is 0. The third kappa shape index (κ3) is 3.11. The van der Waals surface area contributed by atoms with E-state index in [-0.39, 0.29) is 0 Å². The van der Waals surface area contributed by atoms with E-state index < -0.39 is 14.6 Å². The van der Waals surface area contributed by atoms with Crippen LogP contribution >= 0.6 is 0 Å². The summed E-state index contributed by atoms with van der Waals surface area (Å²) in [7, 11) is -3.43. The molecule has 0 fully saturated rings. The third-order valence-corrected chi connectivity index (χ3v) is 7.05. The lowest BCUT2D eigenvalue weighted by atomic mass is 9.89. The highest BCUT2D eigenvalue weighted by Gasteiger charge is 2.43. The highest BCUT2D eigenvalue weighted by Crippen LogP contribution is 2.38. The van der Waals surface area contributed by atoms with Crippen molar-refractivity contribution < 1.29 is 8.42 Å². The molecule has 0 radical (unpaired) electrons. The largest absolute Gasteiger partial charge is 0.223 e. The van der Waals surface area contributed by atoms with Gasteiger partial charge in [-0.15, -0.1) is 0 Å². The second-order valence-corrected chi connectivity index (χ2v) is 8.63. The Kier molecular flexibility index (Phi) is 4.40. The Balaban J connectivity index is 2.06. The lowest BCUT2D eigenvalue weighted by molar-refractivity contribution is 0.508. The molecule has 0 bridgehead atoms. The summed E-state index contributed by atoms with van der Waals surface area (Å²) >= 11 is 0. The van der Waals surface area contributed by atoms with Gasteiger partial charge in [-0.2, -0.15) is 0 Å². The Morgan fingerprint density at radius 3 is 2.30 bits per heavy atom. The lowest BCUT2D eigenvalue weighted by Gasteiger charge is -2.33. The Labute approximate surface area is 138 Å². The van der Waals surface area contributed by atoms with Gasteiger partial charge in [-0.1, -0.05) is 60.2 Å². The molecule has 0 saturated heterocycles. The molecule has 0 heterocycles. The Bertz CT molecular complexity index is 789. The molecule has 1 aliphatic carbocycles. The van der Waals surface area contributed by atoms with E-state index in [2.05, 4.69) is 0 Å². The number of benzene rings is 2. The second-order valence-electron chi connectivity index (χ2n) is 6.34. The van der Waals surface area contributed by atoms with E-state index in [0.717, 1.165) is 24.0 Å². The van der Waals surface area contributed by atoms with Crippen LogP contribution in [0.15, 0.2) is 71.6 Å². The standard InChI is InChI=1S/C20H22O2S/c1-17-10-12-19(13-11-17)23(21,22)20(14-6-3-7-15-20)16-18-8-4-2-5-9-18/h2,4-6,8-14H,3,7,15-16H2,1H3. The van der Waals surface area contributed by atoms with E-state index >= 15 is 0 Å². The van der Waals surface area contributed by atoms with Crippen LogP contribution in [-0.2, 0) is 16.3 Å². The molecule has 0 aromatic heterocycles. The maximum absolute atomic E-state index is 13.4. The monoisotopic (exact) mass is 326 g/mol. The van der Waals surface area contributed by atoms with Crippen LogP contribution < -0.4 is 0 Å². The van der Waals surface area contributed by atoms with Crippen LogP contribution in [-0.4, -0.2) is 13.2 Å². The molecule has 23 heavy (non-hydrogen) atoms. The number of hydrogen-bond acceptors (Lipinski definition) is 2. The van der Waals surface area contributed by atoms with Crippen LogP contribution in [0.3, 0.4) is 0 Å². The van der Waals surface area contributed by atoms with Crippen molar-refractivity contribution in [1.29, 1.82) is 0 Å². The molecule has 1 aliphatic rings. The fourth-order valence-corrected chi connectivity index (χ4v) is 5.27. The van der Waals surface area contributed by atoms with E-state index in [0.29, 0.717) is 17.7 Å². The quantitative estimate of drug-likeness (QED) is 0.776. The van der Waals surface area contributed by atoms with Gasteiger partial charge in [-0.05, 0) is 50.3 Å². The summed E-state index contributed by atoms with van der Waals surface area (Å²) in [4.78, 5) is 0.422. The van der Waals surface area contributed by atoms with Crippen molar-refractivity contribution >= 4 is 9.84 Å². The van der Waals surface area contributed by atoms with Crippen LogP contribution in [0.5, 0.6) is 0 Å². The minimum Gasteiger partial charge on any atom is -0.223 e. The minimum absolute atomic E-state index is 0.422. The first kappa shape index (κ1) is 16.0. The zero-order valence-electron chi connectivity index (χ0n) is 13.4. The Hall–Kier alpha value is -1.87. The zero-order valence-corrected chi connectivity index (χ0v) is 14.2. The highest BCUT2D eigenvalue weighted by molar-refractivity contribution is 7.93. The smallest absolute Gasteiger partial charge is 0.187 e. The lowest BCUT2D eigenvalue weighted by Crippen LogP contribution is -2.40. The summed E-state index contributed by atoms with van der Waals surface area (Å²) in [6.07, 6.45) is 7.03. The molecule has 2 nitrogen and oxygen atoms in total. The maximum atomic E-state index is 13.4. The van der Waals surface area contributed by atoms with Gasteiger partial charge in [0.1, 0.15) is 0 Å². The molecule has 120 valence electrons. The van der Waals surface area contributed by atoms with Gasteiger partial charge in [-0.25, -0.2) is 8.42 Å².